The Morgan fingerprint density at radius 2 is 2.45 bits per heavy atom. The predicted octanol–water partition coefficient (Wildman–Crippen LogP) is 1.13. The van der Waals surface area contributed by atoms with Crippen LogP contribution in [0.3, 0.4) is 0 Å². The lowest BCUT2D eigenvalue weighted by atomic mass is 10.0. The second kappa shape index (κ2) is 6.67. The van der Waals surface area contributed by atoms with Crippen molar-refractivity contribution in [1.29, 1.82) is 0 Å². The summed E-state index contributed by atoms with van der Waals surface area (Å²) in [5.41, 5.74) is 6.48. The molecule has 1 amide bonds. The zero-order chi connectivity index (χ0) is 14.5. The Balaban J connectivity index is 2.14. The lowest BCUT2D eigenvalue weighted by Crippen LogP contribution is -2.44. The van der Waals surface area contributed by atoms with Crippen LogP contribution in [0.4, 0.5) is 4.39 Å². The average molecular weight is 282 g/mol. The third-order valence-electron chi connectivity index (χ3n) is 3.25. The van der Waals surface area contributed by atoms with Gasteiger partial charge in [-0.1, -0.05) is 6.07 Å². The van der Waals surface area contributed by atoms with Crippen LogP contribution in [0.25, 0.3) is 0 Å². The summed E-state index contributed by atoms with van der Waals surface area (Å²) in [5, 5.41) is 2.87. The largest absolute Gasteiger partial charge is 0.493 e. The maximum atomic E-state index is 13.2. The van der Waals surface area contributed by atoms with Crippen LogP contribution < -0.4 is 15.8 Å². The highest BCUT2D eigenvalue weighted by atomic mass is 19.1. The van der Waals surface area contributed by atoms with Gasteiger partial charge >= 0.3 is 0 Å². The smallest absolute Gasteiger partial charge is 0.239 e. The van der Waals surface area contributed by atoms with Gasteiger partial charge in [0.1, 0.15) is 17.6 Å². The van der Waals surface area contributed by atoms with E-state index in [4.69, 9.17) is 15.2 Å². The molecule has 110 valence electrons. The van der Waals surface area contributed by atoms with Crippen molar-refractivity contribution in [3.63, 3.8) is 0 Å². The van der Waals surface area contributed by atoms with Crippen molar-refractivity contribution < 1.29 is 18.7 Å². The lowest BCUT2D eigenvalue weighted by Gasteiger charge is -2.20. The summed E-state index contributed by atoms with van der Waals surface area (Å²) < 4.78 is 23.6. The molecule has 0 radical (unpaired) electrons. The van der Waals surface area contributed by atoms with Gasteiger partial charge in [-0.2, -0.15) is 0 Å². The summed E-state index contributed by atoms with van der Waals surface area (Å²) >= 11 is 0. The van der Waals surface area contributed by atoms with Crippen LogP contribution in [0, 0.1) is 5.82 Å². The van der Waals surface area contributed by atoms with Crippen LogP contribution in [0.5, 0.6) is 5.75 Å². The Kier molecular flexibility index (Phi) is 4.92. The zero-order valence-corrected chi connectivity index (χ0v) is 11.4. The number of rotatable bonds is 4. The number of benzene rings is 1. The molecule has 1 heterocycles. The van der Waals surface area contributed by atoms with Crippen LogP contribution in [-0.4, -0.2) is 32.3 Å². The third-order valence-corrected chi connectivity index (χ3v) is 3.25. The molecule has 3 N–H and O–H groups in total. The minimum absolute atomic E-state index is 0.158. The predicted molar refractivity (Wildman–Crippen MR) is 71.9 cm³/mol. The number of nitrogens with two attached hydrogens (primary N) is 1. The quantitative estimate of drug-likeness (QED) is 0.868. The highest BCUT2D eigenvalue weighted by molar-refractivity contribution is 5.82. The number of hydrogen-bond donors (Lipinski definition) is 2. The molecule has 0 fully saturated rings. The fourth-order valence-corrected chi connectivity index (χ4v) is 2.23. The minimum atomic E-state index is -0.715. The van der Waals surface area contributed by atoms with Crippen LogP contribution in [0.1, 0.15) is 24.4 Å². The molecule has 1 aromatic carbocycles. The first-order chi connectivity index (χ1) is 9.61. The monoisotopic (exact) mass is 282 g/mol. The lowest BCUT2D eigenvalue weighted by molar-refractivity contribution is -0.124. The summed E-state index contributed by atoms with van der Waals surface area (Å²) in [6, 6.07) is 3.41. The second-order valence-corrected chi connectivity index (χ2v) is 4.80. The second-order valence-electron chi connectivity index (χ2n) is 4.80. The topological polar surface area (TPSA) is 73.6 Å². The molecule has 0 aromatic heterocycles. The van der Waals surface area contributed by atoms with E-state index in [1.54, 1.807) is 6.07 Å². The van der Waals surface area contributed by atoms with Crippen LogP contribution in [0.2, 0.25) is 0 Å². The van der Waals surface area contributed by atoms with E-state index < -0.39 is 6.04 Å². The molecule has 0 bridgehead atoms. The van der Waals surface area contributed by atoms with Gasteiger partial charge in [0.05, 0.1) is 19.3 Å². The highest BCUT2D eigenvalue weighted by Gasteiger charge is 2.24. The van der Waals surface area contributed by atoms with E-state index >= 15 is 0 Å². The summed E-state index contributed by atoms with van der Waals surface area (Å²) in [5.74, 6) is -0.158. The van der Waals surface area contributed by atoms with Crippen molar-refractivity contribution in [1.82, 2.24) is 5.32 Å². The van der Waals surface area contributed by atoms with Crippen molar-refractivity contribution in [2.24, 2.45) is 5.73 Å². The molecule has 1 aromatic rings. The maximum Gasteiger partial charge on any atom is 0.239 e. The number of carbonyl (C=O) groups excluding carboxylic acids is 1. The summed E-state index contributed by atoms with van der Waals surface area (Å²) in [7, 11) is 1.49. The number of methoxy groups -OCH3 is 1. The Bertz CT molecular complexity index is 481. The number of fused-ring (bicyclic) bond motifs is 1. The standard InChI is InChI=1S/C14H19FN2O3/c1-19-8-11(16)14(18)17-12-3-2-6-20-13-7-9(15)4-5-10(12)13/h4-5,7,11-12H,2-3,6,8,16H2,1H3,(H,17,18). The van der Waals surface area contributed by atoms with Crippen molar-refractivity contribution in [3.05, 3.63) is 29.6 Å². The van der Waals surface area contributed by atoms with Crippen molar-refractivity contribution in [2.45, 2.75) is 24.9 Å². The van der Waals surface area contributed by atoms with Crippen LogP contribution >= 0.6 is 0 Å². The van der Waals surface area contributed by atoms with E-state index in [9.17, 15) is 9.18 Å². The van der Waals surface area contributed by atoms with Crippen molar-refractivity contribution >= 4 is 5.91 Å². The van der Waals surface area contributed by atoms with E-state index in [0.29, 0.717) is 12.4 Å². The van der Waals surface area contributed by atoms with Gasteiger partial charge in [0.15, 0.2) is 0 Å². The molecule has 1 aliphatic rings. The molecule has 2 unspecified atom stereocenters. The molecular formula is C14H19FN2O3. The molecular weight excluding hydrogens is 263 g/mol. The third kappa shape index (κ3) is 3.46. The molecule has 0 spiro atoms. The molecule has 6 heteroatoms. The van der Waals surface area contributed by atoms with E-state index in [-0.39, 0.29) is 24.4 Å². The number of amides is 1. The summed E-state index contributed by atoms with van der Waals surface area (Å²) in [6.45, 7) is 0.665. The highest BCUT2D eigenvalue weighted by Crippen LogP contribution is 2.32. The fourth-order valence-electron chi connectivity index (χ4n) is 2.23. The molecule has 2 atom stereocenters. The van der Waals surface area contributed by atoms with Gasteiger partial charge < -0.3 is 20.5 Å². The number of carbonyl (C=O) groups is 1. The van der Waals surface area contributed by atoms with Gasteiger partial charge in [-0.25, -0.2) is 4.39 Å². The summed E-state index contributed by atoms with van der Waals surface area (Å²) in [4.78, 5) is 12.0. The number of hydrogen-bond acceptors (Lipinski definition) is 4. The van der Waals surface area contributed by atoms with Crippen molar-refractivity contribution in [2.75, 3.05) is 20.3 Å². The van der Waals surface area contributed by atoms with Gasteiger partial charge in [0, 0.05) is 18.7 Å². The van der Waals surface area contributed by atoms with Crippen molar-refractivity contribution in [3.8, 4) is 5.75 Å². The molecule has 1 aliphatic heterocycles. The Morgan fingerprint density at radius 3 is 3.20 bits per heavy atom. The van der Waals surface area contributed by atoms with Gasteiger partial charge in [0.25, 0.3) is 0 Å². The van der Waals surface area contributed by atoms with Crippen LogP contribution in [0.15, 0.2) is 18.2 Å². The Hall–Kier alpha value is -1.66. The van der Waals surface area contributed by atoms with Crippen LogP contribution in [-0.2, 0) is 9.53 Å². The molecule has 5 nitrogen and oxygen atoms in total. The van der Waals surface area contributed by atoms with Gasteiger partial charge in [-0.3, -0.25) is 4.79 Å². The first-order valence-corrected chi connectivity index (χ1v) is 6.59. The van der Waals surface area contributed by atoms with E-state index in [1.807, 2.05) is 0 Å². The number of nitrogens with one attached hydrogen (secondary N) is 1. The van der Waals surface area contributed by atoms with E-state index in [0.717, 1.165) is 18.4 Å². The molecule has 0 saturated carbocycles. The number of ether oxygens (including phenoxy) is 2. The SMILES string of the molecule is COCC(N)C(=O)NC1CCCOc2cc(F)ccc21. The Labute approximate surface area is 117 Å². The molecule has 20 heavy (non-hydrogen) atoms. The molecule has 0 aliphatic carbocycles. The average Bonchev–Trinajstić information content (AvgIpc) is 2.61. The zero-order valence-electron chi connectivity index (χ0n) is 11.4. The first-order valence-electron chi connectivity index (χ1n) is 6.59. The van der Waals surface area contributed by atoms with Gasteiger partial charge in [-0.05, 0) is 18.9 Å². The normalized spacial score (nSPS) is 19.4. The van der Waals surface area contributed by atoms with E-state index in [1.165, 1.54) is 19.2 Å². The van der Waals surface area contributed by atoms with E-state index in [2.05, 4.69) is 5.32 Å². The molecule has 2 rings (SSSR count). The maximum absolute atomic E-state index is 13.2. The number of halogens is 1. The molecule has 0 saturated heterocycles. The summed E-state index contributed by atoms with van der Waals surface area (Å²) in [6.07, 6.45) is 1.50. The Morgan fingerprint density at radius 1 is 1.65 bits per heavy atom. The van der Waals surface area contributed by atoms with Gasteiger partial charge in [-0.15, -0.1) is 0 Å². The van der Waals surface area contributed by atoms with Gasteiger partial charge in [0.2, 0.25) is 5.91 Å². The minimum Gasteiger partial charge on any atom is -0.493 e. The fraction of sp³-hybridized carbons (Fsp3) is 0.500. The first kappa shape index (κ1) is 14.7.